The van der Waals surface area contributed by atoms with Crippen LogP contribution in [0.2, 0.25) is 0 Å². The van der Waals surface area contributed by atoms with E-state index in [1.165, 1.54) is 17.5 Å². The molecule has 0 radical (unpaired) electrons. The van der Waals surface area contributed by atoms with Gasteiger partial charge in [0, 0.05) is 26.2 Å². The maximum Gasteiger partial charge on any atom is 0.122 e. The van der Waals surface area contributed by atoms with E-state index in [4.69, 9.17) is 9.47 Å². The van der Waals surface area contributed by atoms with Gasteiger partial charge in [-0.05, 0) is 43.5 Å². The van der Waals surface area contributed by atoms with E-state index in [9.17, 15) is 0 Å². The Kier molecular flexibility index (Phi) is 5.02. The zero-order chi connectivity index (χ0) is 12.8. The van der Waals surface area contributed by atoms with Crippen molar-refractivity contribution in [1.82, 2.24) is 5.32 Å². The molecule has 0 saturated heterocycles. The monoisotopic (exact) mass is 249 g/mol. The molecule has 1 aliphatic heterocycles. The molecule has 0 spiro atoms. The van der Waals surface area contributed by atoms with Crippen molar-refractivity contribution in [3.63, 3.8) is 0 Å². The third kappa shape index (κ3) is 3.24. The molecular formula is C15H23NO2. The van der Waals surface area contributed by atoms with Gasteiger partial charge in [-0.15, -0.1) is 0 Å². The van der Waals surface area contributed by atoms with Crippen LogP contribution in [0.4, 0.5) is 0 Å². The highest BCUT2D eigenvalue weighted by Gasteiger charge is 2.15. The van der Waals surface area contributed by atoms with E-state index in [1.54, 1.807) is 7.11 Å². The summed E-state index contributed by atoms with van der Waals surface area (Å²) >= 11 is 0. The van der Waals surface area contributed by atoms with E-state index in [0.717, 1.165) is 38.2 Å². The highest BCUT2D eigenvalue weighted by Crippen LogP contribution is 2.29. The van der Waals surface area contributed by atoms with Crippen LogP contribution in [0.3, 0.4) is 0 Å². The number of rotatable bonds is 7. The largest absolute Gasteiger partial charge is 0.493 e. The minimum atomic E-state index is 0.438. The molecule has 1 aromatic carbocycles. The first-order chi connectivity index (χ1) is 8.85. The standard InChI is InChI=1S/C15H23NO2/c1-16-14(5-3-4-9-17-2)12-6-7-15-13(11-12)8-10-18-15/h6-7,11,14,16H,3-5,8-10H2,1-2H3. The molecule has 0 aliphatic carbocycles. The highest BCUT2D eigenvalue weighted by atomic mass is 16.5. The second-order valence-corrected chi connectivity index (χ2v) is 4.80. The number of unbranched alkanes of at least 4 members (excludes halogenated alkanes) is 1. The predicted molar refractivity (Wildman–Crippen MR) is 73.2 cm³/mol. The number of ether oxygens (including phenoxy) is 2. The van der Waals surface area contributed by atoms with Crippen molar-refractivity contribution in [2.45, 2.75) is 31.7 Å². The van der Waals surface area contributed by atoms with E-state index < -0.39 is 0 Å². The smallest absolute Gasteiger partial charge is 0.122 e. The summed E-state index contributed by atoms with van der Waals surface area (Å²) in [7, 11) is 3.79. The van der Waals surface area contributed by atoms with Gasteiger partial charge in [0.2, 0.25) is 0 Å². The molecule has 0 aromatic heterocycles. The molecule has 3 heteroatoms. The average molecular weight is 249 g/mol. The van der Waals surface area contributed by atoms with Crippen LogP contribution < -0.4 is 10.1 Å². The molecule has 1 aromatic rings. The normalized spacial score (nSPS) is 15.2. The number of hydrogen-bond acceptors (Lipinski definition) is 3. The number of benzene rings is 1. The Bertz CT molecular complexity index is 379. The van der Waals surface area contributed by atoms with Crippen molar-refractivity contribution < 1.29 is 9.47 Å². The Morgan fingerprint density at radius 1 is 1.39 bits per heavy atom. The Labute approximate surface area is 109 Å². The van der Waals surface area contributed by atoms with Crippen LogP contribution in [0.1, 0.15) is 36.4 Å². The van der Waals surface area contributed by atoms with Gasteiger partial charge in [-0.25, -0.2) is 0 Å². The third-order valence-corrected chi connectivity index (χ3v) is 3.56. The first-order valence-electron chi connectivity index (χ1n) is 6.77. The summed E-state index contributed by atoms with van der Waals surface area (Å²) in [5, 5.41) is 3.40. The Morgan fingerprint density at radius 3 is 3.06 bits per heavy atom. The summed E-state index contributed by atoms with van der Waals surface area (Å²) in [4.78, 5) is 0. The van der Waals surface area contributed by atoms with Crippen LogP contribution in [0.15, 0.2) is 18.2 Å². The third-order valence-electron chi connectivity index (χ3n) is 3.56. The second kappa shape index (κ2) is 6.76. The van der Waals surface area contributed by atoms with Gasteiger partial charge < -0.3 is 14.8 Å². The number of methoxy groups -OCH3 is 1. The van der Waals surface area contributed by atoms with E-state index >= 15 is 0 Å². The molecule has 0 saturated carbocycles. The van der Waals surface area contributed by atoms with Crippen molar-refractivity contribution >= 4 is 0 Å². The molecule has 100 valence electrons. The molecular weight excluding hydrogens is 226 g/mol. The van der Waals surface area contributed by atoms with Gasteiger partial charge in [-0.2, -0.15) is 0 Å². The van der Waals surface area contributed by atoms with Crippen molar-refractivity contribution in [2.24, 2.45) is 0 Å². The summed E-state index contributed by atoms with van der Waals surface area (Å²) in [5.41, 5.74) is 2.73. The molecule has 1 N–H and O–H groups in total. The SMILES string of the molecule is CNC(CCCCOC)c1ccc2c(c1)CCO2. The maximum atomic E-state index is 5.54. The zero-order valence-electron chi connectivity index (χ0n) is 11.4. The Morgan fingerprint density at radius 2 is 2.28 bits per heavy atom. The van der Waals surface area contributed by atoms with Crippen LogP contribution in [0, 0.1) is 0 Å². The van der Waals surface area contributed by atoms with Crippen molar-refractivity contribution in [3.05, 3.63) is 29.3 Å². The van der Waals surface area contributed by atoms with Crippen LogP contribution >= 0.6 is 0 Å². The Hall–Kier alpha value is -1.06. The summed E-state index contributed by atoms with van der Waals surface area (Å²) in [5.74, 6) is 1.06. The fourth-order valence-corrected chi connectivity index (χ4v) is 2.50. The van der Waals surface area contributed by atoms with Crippen LogP contribution in [0.5, 0.6) is 5.75 Å². The molecule has 2 rings (SSSR count). The zero-order valence-corrected chi connectivity index (χ0v) is 11.4. The molecule has 3 nitrogen and oxygen atoms in total. The number of fused-ring (bicyclic) bond motifs is 1. The lowest BCUT2D eigenvalue weighted by Gasteiger charge is -2.17. The maximum absolute atomic E-state index is 5.54. The molecule has 1 heterocycles. The first-order valence-corrected chi connectivity index (χ1v) is 6.77. The van der Waals surface area contributed by atoms with Gasteiger partial charge in [0.25, 0.3) is 0 Å². The summed E-state index contributed by atoms with van der Waals surface area (Å²) < 4.78 is 10.6. The van der Waals surface area contributed by atoms with E-state index in [-0.39, 0.29) is 0 Å². The fourth-order valence-electron chi connectivity index (χ4n) is 2.50. The van der Waals surface area contributed by atoms with E-state index in [0.29, 0.717) is 6.04 Å². The number of nitrogens with one attached hydrogen (secondary N) is 1. The van der Waals surface area contributed by atoms with Crippen LogP contribution in [0.25, 0.3) is 0 Å². The van der Waals surface area contributed by atoms with Crippen molar-refractivity contribution in [1.29, 1.82) is 0 Å². The minimum Gasteiger partial charge on any atom is -0.493 e. The molecule has 1 aliphatic rings. The van der Waals surface area contributed by atoms with E-state index in [2.05, 4.69) is 23.5 Å². The predicted octanol–water partition coefficient (Wildman–Crippen LogP) is 2.70. The van der Waals surface area contributed by atoms with Gasteiger partial charge in [0.1, 0.15) is 5.75 Å². The van der Waals surface area contributed by atoms with Gasteiger partial charge in [-0.1, -0.05) is 12.1 Å². The number of hydrogen-bond donors (Lipinski definition) is 1. The molecule has 0 amide bonds. The Balaban J connectivity index is 1.94. The lowest BCUT2D eigenvalue weighted by Crippen LogP contribution is -2.16. The highest BCUT2D eigenvalue weighted by molar-refractivity contribution is 5.40. The summed E-state index contributed by atoms with van der Waals surface area (Å²) in [6.07, 6.45) is 4.51. The van der Waals surface area contributed by atoms with Crippen molar-refractivity contribution in [3.8, 4) is 5.75 Å². The molecule has 1 unspecified atom stereocenters. The van der Waals surface area contributed by atoms with Crippen LogP contribution in [-0.4, -0.2) is 27.4 Å². The molecule has 1 atom stereocenters. The molecule has 0 bridgehead atoms. The lowest BCUT2D eigenvalue weighted by molar-refractivity contribution is 0.191. The quantitative estimate of drug-likeness (QED) is 0.754. The van der Waals surface area contributed by atoms with Crippen LogP contribution in [-0.2, 0) is 11.2 Å². The molecule has 18 heavy (non-hydrogen) atoms. The first kappa shape index (κ1) is 13.4. The minimum absolute atomic E-state index is 0.438. The van der Waals surface area contributed by atoms with Gasteiger partial charge in [-0.3, -0.25) is 0 Å². The van der Waals surface area contributed by atoms with Gasteiger partial charge >= 0.3 is 0 Å². The van der Waals surface area contributed by atoms with Gasteiger partial charge in [0.05, 0.1) is 6.61 Å². The van der Waals surface area contributed by atoms with Gasteiger partial charge in [0.15, 0.2) is 0 Å². The van der Waals surface area contributed by atoms with Crippen molar-refractivity contribution in [2.75, 3.05) is 27.4 Å². The molecule has 0 fully saturated rings. The summed E-state index contributed by atoms with van der Waals surface area (Å²) in [6, 6.07) is 7.02. The fraction of sp³-hybridized carbons (Fsp3) is 0.600. The second-order valence-electron chi connectivity index (χ2n) is 4.80. The van der Waals surface area contributed by atoms with E-state index in [1.807, 2.05) is 7.05 Å². The lowest BCUT2D eigenvalue weighted by atomic mass is 9.98. The summed E-state index contributed by atoms with van der Waals surface area (Å²) in [6.45, 7) is 1.69. The topological polar surface area (TPSA) is 30.5 Å². The average Bonchev–Trinajstić information content (AvgIpc) is 2.86.